The molecular weight excluding hydrogens is 456 g/mol. The van der Waals surface area contributed by atoms with Crippen LogP contribution in [0.2, 0.25) is 0 Å². The Balaban J connectivity index is 1.83. The van der Waals surface area contributed by atoms with Gasteiger partial charge in [-0.25, -0.2) is 9.59 Å². The average molecular weight is 493 g/mol. The molecule has 0 saturated heterocycles. The van der Waals surface area contributed by atoms with Crippen molar-refractivity contribution in [2.24, 2.45) is 5.92 Å². The van der Waals surface area contributed by atoms with E-state index in [1.54, 1.807) is 25.1 Å². The normalized spacial score (nSPS) is 12.9. The number of rotatable bonds is 14. The molecular formula is C30H36O6. The Morgan fingerprint density at radius 1 is 0.972 bits per heavy atom. The molecule has 0 aliphatic rings. The lowest BCUT2D eigenvalue weighted by atomic mass is 9.98. The molecule has 0 aliphatic heterocycles. The van der Waals surface area contributed by atoms with Gasteiger partial charge in [0.05, 0.1) is 12.2 Å². The molecule has 0 heterocycles. The number of fused-ring (bicyclic) bond motifs is 2. The largest absolute Gasteiger partial charge is 0.488 e. The SMILES string of the molecule is C=C(C)C(=O)OC(COCCC(CC)CCC)COc1c2ccccc2cc2ccc(C(=O)O)cc12. The van der Waals surface area contributed by atoms with Gasteiger partial charge in [-0.15, -0.1) is 0 Å². The maximum atomic E-state index is 12.3. The first-order valence-electron chi connectivity index (χ1n) is 12.6. The topological polar surface area (TPSA) is 82.1 Å². The molecule has 2 atom stereocenters. The number of carbonyl (C=O) groups excluding carboxylic acids is 1. The molecule has 0 aromatic heterocycles. The third-order valence-corrected chi connectivity index (χ3v) is 6.35. The van der Waals surface area contributed by atoms with Crippen molar-refractivity contribution in [1.29, 1.82) is 0 Å². The molecule has 36 heavy (non-hydrogen) atoms. The van der Waals surface area contributed by atoms with E-state index >= 15 is 0 Å². The van der Waals surface area contributed by atoms with E-state index in [0.29, 0.717) is 29.2 Å². The number of carboxylic acid groups (broad SMARTS) is 1. The second kappa shape index (κ2) is 13.1. The molecule has 0 bridgehead atoms. The molecule has 6 nitrogen and oxygen atoms in total. The van der Waals surface area contributed by atoms with E-state index < -0.39 is 18.0 Å². The molecule has 0 aliphatic carbocycles. The molecule has 3 rings (SSSR count). The van der Waals surface area contributed by atoms with Crippen LogP contribution in [0.4, 0.5) is 0 Å². The van der Waals surface area contributed by atoms with Gasteiger partial charge in [0.1, 0.15) is 12.4 Å². The Hall–Kier alpha value is -3.38. The van der Waals surface area contributed by atoms with Crippen molar-refractivity contribution in [2.45, 2.75) is 52.6 Å². The predicted octanol–water partition coefficient (Wildman–Crippen LogP) is 6.79. The van der Waals surface area contributed by atoms with Crippen LogP contribution in [0.3, 0.4) is 0 Å². The lowest BCUT2D eigenvalue weighted by Crippen LogP contribution is -2.30. The highest BCUT2D eigenvalue weighted by Gasteiger charge is 2.19. The highest BCUT2D eigenvalue weighted by atomic mass is 16.6. The summed E-state index contributed by atoms with van der Waals surface area (Å²) in [7, 11) is 0. The van der Waals surface area contributed by atoms with E-state index in [0.717, 1.165) is 35.4 Å². The zero-order valence-electron chi connectivity index (χ0n) is 21.4. The number of hydrogen-bond acceptors (Lipinski definition) is 5. The summed E-state index contributed by atoms with van der Waals surface area (Å²) in [6, 6.07) is 14.7. The molecule has 3 aromatic carbocycles. The first kappa shape index (κ1) is 27.2. The van der Waals surface area contributed by atoms with Crippen molar-refractivity contribution in [2.75, 3.05) is 19.8 Å². The van der Waals surface area contributed by atoms with E-state index in [-0.39, 0.29) is 18.8 Å². The minimum Gasteiger partial charge on any atom is -0.488 e. The zero-order valence-corrected chi connectivity index (χ0v) is 21.4. The average Bonchev–Trinajstić information content (AvgIpc) is 2.87. The second-order valence-corrected chi connectivity index (χ2v) is 9.21. The highest BCUT2D eigenvalue weighted by molar-refractivity contribution is 6.07. The van der Waals surface area contributed by atoms with Crippen molar-refractivity contribution >= 4 is 33.5 Å². The van der Waals surface area contributed by atoms with Crippen LogP contribution in [-0.2, 0) is 14.3 Å². The van der Waals surface area contributed by atoms with Crippen molar-refractivity contribution in [1.82, 2.24) is 0 Å². The number of benzene rings is 3. The van der Waals surface area contributed by atoms with Gasteiger partial charge in [0.2, 0.25) is 0 Å². The maximum Gasteiger partial charge on any atom is 0.335 e. The number of ether oxygens (including phenoxy) is 3. The molecule has 6 heteroatoms. The molecule has 2 unspecified atom stereocenters. The van der Waals surface area contributed by atoms with Crippen LogP contribution in [0, 0.1) is 5.92 Å². The van der Waals surface area contributed by atoms with Crippen LogP contribution in [-0.4, -0.2) is 43.0 Å². The van der Waals surface area contributed by atoms with Gasteiger partial charge in [0, 0.05) is 23.0 Å². The van der Waals surface area contributed by atoms with E-state index in [1.165, 1.54) is 6.42 Å². The third-order valence-electron chi connectivity index (χ3n) is 6.35. The van der Waals surface area contributed by atoms with E-state index in [1.807, 2.05) is 30.3 Å². The number of esters is 1. The molecule has 0 fully saturated rings. The smallest absolute Gasteiger partial charge is 0.335 e. The lowest BCUT2D eigenvalue weighted by molar-refractivity contribution is -0.149. The standard InChI is InChI=1S/C30H36O6/c1-5-9-21(6-2)14-15-34-18-25(36-30(33)20(3)4)19-35-28-26-11-8-7-10-22(26)16-23-12-13-24(29(31)32)17-27(23)28/h7-8,10-13,16-17,21,25H,3,5-6,9,14-15,18-19H2,1-2,4H3,(H,31,32). The van der Waals surface area contributed by atoms with Gasteiger partial charge >= 0.3 is 11.9 Å². The molecule has 0 spiro atoms. The summed E-state index contributed by atoms with van der Waals surface area (Å²) in [5.74, 6) is -0.337. The summed E-state index contributed by atoms with van der Waals surface area (Å²) in [6.45, 7) is 10.5. The fourth-order valence-corrected chi connectivity index (χ4v) is 4.28. The summed E-state index contributed by atoms with van der Waals surface area (Å²) in [5.41, 5.74) is 0.476. The van der Waals surface area contributed by atoms with Crippen molar-refractivity contribution < 1.29 is 28.9 Å². The Labute approximate surface area is 212 Å². The van der Waals surface area contributed by atoms with Crippen molar-refractivity contribution in [3.63, 3.8) is 0 Å². The minimum atomic E-state index is -1.01. The summed E-state index contributed by atoms with van der Waals surface area (Å²) in [4.78, 5) is 23.9. The van der Waals surface area contributed by atoms with Crippen LogP contribution >= 0.6 is 0 Å². The number of carboxylic acids is 1. The molecule has 3 aromatic rings. The first-order valence-corrected chi connectivity index (χ1v) is 12.6. The number of carbonyl (C=O) groups is 2. The summed E-state index contributed by atoms with van der Waals surface area (Å²) >= 11 is 0. The third kappa shape index (κ3) is 7.08. The molecule has 192 valence electrons. The van der Waals surface area contributed by atoms with Gasteiger partial charge in [-0.1, -0.05) is 70.0 Å². The molecule has 1 N–H and O–H groups in total. The van der Waals surface area contributed by atoms with Crippen molar-refractivity contribution in [3.05, 3.63) is 66.2 Å². The fourth-order valence-electron chi connectivity index (χ4n) is 4.28. The van der Waals surface area contributed by atoms with E-state index in [2.05, 4.69) is 20.4 Å². The van der Waals surface area contributed by atoms with Crippen LogP contribution < -0.4 is 4.74 Å². The van der Waals surface area contributed by atoms with Crippen molar-refractivity contribution in [3.8, 4) is 5.75 Å². The highest BCUT2D eigenvalue weighted by Crippen LogP contribution is 2.35. The molecule has 0 saturated carbocycles. The van der Waals surface area contributed by atoms with Gasteiger partial charge in [-0.2, -0.15) is 0 Å². The summed E-state index contributed by atoms with van der Waals surface area (Å²) < 4.78 is 17.8. The summed E-state index contributed by atoms with van der Waals surface area (Å²) in [6.07, 6.45) is 3.74. The summed E-state index contributed by atoms with van der Waals surface area (Å²) in [5, 5.41) is 12.9. The van der Waals surface area contributed by atoms with Gasteiger partial charge in [0.25, 0.3) is 0 Å². The lowest BCUT2D eigenvalue weighted by Gasteiger charge is -2.21. The quantitative estimate of drug-likeness (QED) is 0.115. The number of hydrogen-bond donors (Lipinski definition) is 1. The van der Waals surface area contributed by atoms with Gasteiger partial charge in [0.15, 0.2) is 6.10 Å². The maximum absolute atomic E-state index is 12.3. The zero-order chi connectivity index (χ0) is 26.1. The van der Waals surface area contributed by atoms with Crippen LogP contribution in [0.5, 0.6) is 5.75 Å². The first-order chi connectivity index (χ1) is 17.3. The van der Waals surface area contributed by atoms with Crippen LogP contribution in [0.1, 0.15) is 56.8 Å². The fraction of sp³-hybridized carbons (Fsp3) is 0.400. The monoisotopic (exact) mass is 492 g/mol. The molecule has 0 radical (unpaired) electrons. The van der Waals surface area contributed by atoms with E-state index in [4.69, 9.17) is 14.2 Å². The van der Waals surface area contributed by atoms with E-state index in [9.17, 15) is 14.7 Å². The Kier molecular flexibility index (Phi) is 9.88. The minimum absolute atomic E-state index is 0.0611. The Bertz CT molecular complexity index is 1210. The van der Waals surface area contributed by atoms with Crippen LogP contribution in [0.25, 0.3) is 21.5 Å². The number of aromatic carboxylic acids is 1. The van der Waals surface area contributed by atoms with Gasteiger partial charge in [-0.3, -0.25) is 0 Å². The Morgan fingerprint density at radius 2 is 1.72 bits per heavy atom. The van der Waals surface area contributed by atoms with Gasteiger partial charge in [-0.05, 0) is 48.2 Å². The Morgan fingerprint density at radius 3 is 2.42 bits per heavy atom. The predicted molar refractivity (Wildman–Crippen MR) is 143 cm³/mol. The second-order valence-electron chi connectivity index (χ2n) is 9.21. The van der Waals surface area contributed by atoms with Crippen LogP contribution in [0.15, 0.2) is 60.7 Å². The van der Waals surface area contributed by atoms with Gasteiger partial charge < -0.3 is 19.3 Å². The molecule has 0 amide bonds.